The Morgan fingerprint density at radius 2 is 2.28 bits per heavy atom. The second-order valence-electron chi connectivity index (χ2n) is 3.58. The Morgan fingerprint density at radius 1 is 1.50 bits per heavy atom. The van der Waals surface area contributed by atoms with Crippen LogP contribution in [0.25, 0.3) is 11.0 Å². The molecule has 0 saturated heterocycles. The Hall–Kier alpha value is -1.47. The first kappa shape index (κ1) is 13.0. The van der Waals surface area contributed by atoms with Crippen molar-refractivity contribution < 1.29 is 14.3 Å². The molecule has 0 aliphatic carbocycles. The average Bonchev–Trinajstić information content (AvgIpc) is 2.73. The summed E-state index contributed by atoms with van der Waals surface area (Å²) in [6, 6.07) is 1.80. The van der Waals surface area contributed by atoms with Crippen molar-refractivity contribution in [2.45, 2.75) is 6.54 Å². The van der Waals surface area contributed by atoms with Crippen molar-refractivity contribution in [3.63, 3.8) is 0 Å². The second kappa shape index (κ2) is 5.45. The molecular formula is C11H12BrN3O3. The third-order valence-electron chi connectivity index (χ3n) is 2.44. The summed E-state index contributed by atoms with van der Waals surface area (Å²) in [6.07, 6.45) is 1.66. The van der Waals surface area contributed by atoms with Crippen LogP contribution in [0.2, 0.25) is 0 Å². The summed E-state index contributed by atoms with van der Waals surface area (Å²) in [5.74, 6) is -0.476. The molecule has 0 radical (unpaired) electrons. The minimum Gasteiger partial charge on any atom is -0.464 e. The zero-order valence-electron chi connectivity index (χ0n) is 10.0. The largest absolute Gasteiger partial charge is 0.464 e. The fourth-order valence-corrected chi connectivity index (χ4v) is 1.95. The van der Waals surface area contributed by atoms with Crippen LogP contribution >= 0.6 is 15.9 Å². The molecule has 0 amide bonds. The van der Waals surface area contributed by atoms with E-state index in [9.17, 15) is 4.79 Å². The van der Waals surface area contributed by atoms with Crippen LogP contribution in [-0.2, 0) is 16.0 Å². The number of carbonyl (C=O) groups excluding carboxylic acids is 1. The molecule has 18 heavy (non-hydrogen) atoms. The van der Waals surface area contributed by atoms with E-state index in [0.717, 1.165) is 4.47 Å². The Labute approximate surface area is 112 Å². The van der Waals surface area contributed by atoms with E-state index in [1.807, 2.05) is 0 Å². The number of carbonyl (C=O) groups is 1. The molecule has 96 valence electrons. The van der Waals surface area contributed by atoms with Gasteiger partial charge in [0.15, 0.2) is 11.3 Å². The quantitative estimate of drug-likeness (QED) is 0.803. The fourth-order valence-electron chi connectivity index (χ4n) is 1.62. The molecule has 2 aromatic rings. The maximum atomic E-state index is 11.7. The van der Waals surface area contributed by atoms with E-state index < -0.39 is 5.97 Å². The van der Waals surface area contributed by atoms with Crippen LogP contribution < -0.4 is 0 Å². The molecular weight excluding hydrogens is 302 g/mol. The summed E-state index contributed by atoms with van der Waals surface area (Å²) in [6.45, 7) is 1.02. The molecule has 0 bridgehead atoms. The lowest BCUT2D eigenvalue weighted by Gasteiger charge is -2.00. The number of nitrogens with zero attached hydrogens (tertiary/aromatic N) is 3. The predicted molar refractivity (Wildman–Crippen MR) is 68.4 cm³/mol. The van der Waals surface area contributed by atoms with Gasteiger partial charge >= 0.3 is 5.97 Å². The predicted octanol–water partition coefficient (Wildman–Crippen LogP) is 1.63. The molecule has 0 fully saturated rings. The maximum absolute atomic E-state index is 11.7. The number of aromatic nitrogens is 3. The Bertz CT molecular complexity index is 582. The number of methoxy groups -OCH3 is 2. The molecule has 0 unspecified atom stereocenters. The molecule has 0 N–H and O–H groups in total. The van der Waals surface area contributed by atoms with Gasteiger partial charge in [0.2, 0.25) is 0 Å². The molecule has 7 heteroatoms. The number of hydrogen-bond acceptors (Lipinski definition) is 5. The number of esters is 1. The van der Waals surface area contributed by atoms with Crippen molar-refractivity contribution >= 4 is 32.9 Å². The van der Waals surface area contributed by atoms with Crippen LogP contribution in [-0.4, -0.2) is 41.6 Å². The zero-order valence-corrected chi connectivity index (χ0v) is 11.6. The number of halogens is 1. The molecule has 0 spiro atoms. The Morgan fingerprint density at radius 3 is 2.94 bits per heavy atom. The van der Waals surface area contributed by atoms with Crippen molar-refractivity contribution in [1.29, 1.82) is 0 Å². The van der Waals surface area contributed by atoms with Gasteiger partial charge in [0.1, 0.15) is 0 Å². The van der Waals surface area contributed by atoms with Crippen LogP contribution in [0.3, 0.4) is 0 Å². The van der Waals surface area contributed by atoms with E-state index in [-0.39, 0.29) is 5.69 Å². The van der Waals surface area contributed by atoms with Gasteiger partial charge in [-0.2, -0.15) is 5.10 Å². The third kappa shape index (κ3) is 2.37. The van der Waals surface area contributed by atoms with E-state index in [2.05, 4.69) is 26.0 Å². The van der Waals surface area contributed by atoms with Crippen molar-refractivity contribution in [3.05, 3.63) is 22.4 Å². The molecule has 6 nitrogen and oxygen atoms in total. The third-order valence-corrected chi connectivity index (χ3v) is 2.87. The summed E-state index contributed by atoms with van der Waals surface area (Å²) in [4.78, 5) is 15.9. The molecule has 2 heterocycles. The van der Waals surface area contributed by atoms with Crippen LogP contribution in [0, 0.1) is 0 Å². The monoisotopic (exact) mass is 313 g/mol. The van der Waals surface area contributed by atoms with Crippen molar-refractivity contribution in [2.75, 3.05) is 20.8 Å². The van der Waals surface area contributed by atoms with E-state index in [1.165, 1.54) is 7.11 Å². The van der Waals surface area contributed by atoms with Crippen molar-refractivity contribution in [1.82, 2.24) is 14.8 Å². The van der Waals surface area contributed by atoms with E-state index in [4.69, 9.17) is 9.47 Å². The summed E-state index contributed by atoms with van der Waals surface area (Å²) < 4.78 is 12.1. The summed E-state index contributed by atoms with van der Waals surface area (Å²) in [5, 5.41) is 4.88. The zero-order chi connectivity index (χ0) is 13.1. The van der Waals surface area contributed by atoms with Gasteiger partial charge < -0.3 is 9.47 Å². The normalized spacial score (nSPS) is 10.8. The van der Waals surface area contributed by atoms with Crippen molar-refractivity contribution in [3.8, 4) is 0 Å². The van der Waals surface area contributed by atoms with E-state index >= 15 is 0 Å². The fraction of sp³-hybridized carbons (Fsp3) is 0.364. The van der Waals surface area contributed by atoms with Crippen LogP contribution in [0.5, 0.6) is 0 Å². The molecule has 0 aliphatic heterocycles. The molecule has 2 rings (SSSR count). The standard InChI is InChI=1S/C11H12BrN3O3/c1-17-4-3-15-10-8(5-7(12)6-13-10)9(14-15)11(16)18-2/h5-6H,3-4H2,1-2H3. The first-order valence-electron chi connectivity index (χ1n) is 5.26. The number of hydrogen-bond donors (Lipinski definition) is 0. The summed E-state index contributed by atoms with van der Waals surface area (Å²) in [5.41, 5.74) is 0.896. The number of fused-ring (bicyclic) bond motifs is 1. The van der Waals surface area contributed by atoms with Gasteiger partial charge in [-0.1, -0.05) is 0 Å². The Balaban J connectivity index is 2.56. The number of ether oxygens (including phenoxy) is 2. The highest BCUT2D eigenvalue weighted by atomic mass is 79.9. The van der Waals surface area contributed by atoms with Gasteiger partial charge in [-0.05, 0) is 22.0 Å². The average molecular weight is 314 g/mol. The van der Waals surface area contributed by atoms with Gasteiger partial charge in [0.25, 0.3) is 0 Å². The second-order valence-corrected chi connectivity index (χ2v) is 4.50. The minimum absolute atomic E-state index is 0.261. The first-order valence-corrected chi connectivity index (χ1v) is 6.06. The molecule has 0 aliphatic rings. The minimum atomic E-state index is -0.476. The Kier molecular flexibility index (Phi) is 3.93. The molecule has 0 saturated carbocycles. The first-order chi connectivity index (χ1) is 8.67. The van der Waals surface area contributed by atoms with E-state index in [0.29, 0.717) is 24.2 Å². The van der Waals surface area contributed by atoms with Gasteiger partial charge in [-0.3, -0.25) is 0 Å². The maximum Gasteiger partial charge on any atom is 0.359 e. The van der Waals surface area contributed by atoms with Gasteiger partial charge in [-0.25, -0.2) is 14.5 Å². The molecule has 2 aromatic heterocycles. The van der Waals surface area contributed by atoms with Crippen LogP contribution in [0.15, 0.2) is 16.7 Å². The van der Waals surface area contributed by atoms with Gasteiger partial charge in [-0.15, -0.1) is 0 Å². The number of pyridine rings is 1. The lowest BCUT2D eigenvalue weighted by Crippen LogP contribution is -2.08. The van der Waals surface area contributed by atoms with Gasteiger partial charge in [0.05, 0.1) is 25.6 Å². The highest BCUT2D eigenvalue weighted by Crippen LogP contribution is 2.21. The van der Waals surface area contributed by atoms with Crippen molar-refractivity contribution in [2.24, 2.45) is 0 Å². The van der Waals surface area contributed by atoms with Crippen LogP contribution in [0.1, 0.15) is 10.5 Å². The molecule has 0 aromatic carbocycles. The summed E-state index contributed by atoms with van der Waals surface area (Å²) in [7, 11) is 2.94. The lowest BCUT2D eigenvalue weighted by atomic mass is 10.2. The summed E-state index contributed by atoms with van der Waals surface area (Å²) >= 11 is 3.32. The highest BCUT2D eigenvalue weighted by Gasteiger charge is 2.18. The highest BCUT2D eigenvalue weighted by molar-refractivity contribution is 9.10. The lowest BCUT2D eigenvalue weighted by molar-refractivity contribution is 0.0594. The van der Waals surface area contributed by atoms with Gasteiger partial charge in [0, 0.05) is 17.8 Å². The topological polar surface area (TPSA) is 66.2 Å². The molecule has 0 atom stereocenters. The van der Waals surface area contributed by atoms with Crippen LogP contribution in [0.4, 0.5) is 0 Å². The van der Waals surface area contributed by atoms with E-state index in [1.54, 1.807) is 24.1 Å². The number of rotatable bonds is 4. The SMILES string of the molecule is COCCn1nc(C(=O)OC)c2cc(Br)cnc21. The smallest absolute Gasteiger partial charge is 0.359 e.